The maximum absolute atomic E-state index is 12.6. The van der Waals surface area contributed by atoms with Gasteiger partial charge in [0, 0.05) is 14.1 Å². The van der Waals surface area contributed by atoms with Crippen LogP contribution in [0.3, 0.4) is 0 Å². The minimum absolute atomic E-state index is 0.110. The molecule has 4 heterocycles. The molecule has 0 aliphatic carbocycles. The van der Waals surface area contributed by atoms with E-state index in [9.17, 15) is 9.59 Å². The van der Waals surface area contributed by atoms with Gasteiger partial charge in [-0.05, 0) is 30.0 Å². The quantitative estimate of drug-likeness (QED) is 0.499. The molecule has 0 amide bonds. The SMILES string of the molecule is Cc1oc(-c2cccs2)nc1Cn1c(Cl)nc2c1c(=O)n(C)c(=O)n2C. The average molecular weight is 392 g/mol. The Hall–Kier alpha value is -2.65. The zero-order valence-corrected chi connectivity index (χ0v) is 15.8. The van der Waals surface area contributed by atoms with Gasteiger partial charge in [0.1, 0.15) is 11.5 Å². The van der Waals surface area contributed by atoms with Gasteiger partial charge in [-0.1, -0.05) is 6.07 Å². The molecule has 0 unspecified atom stereocenters. The average Bonchev–Trinajstić information content (AvgIpc) is 3.32. The maximum atomic E-state index is 12.6. The van der Waals surface area contributed by atoms with Crippen LogP contribution >= 0.6 is 22.9 Å². The van der Waals surface area contributed by atoms with Crippen LogP contribution in [-0.4, -0.2) is 23.7 Å². The van der Waals surface area contributed by atoms with E-state index < -0.39 is 11.2 Å². The molecule has 0 atom stereocenters. The molecule has 0 radical (unpaired) electrons. The minimum Gasteiger partial charge on any atom is -0.440 e. The molecule has 0 bridgehead atoms. The Morgan fingerprint density at radius 3 is 2.69 bits per heavy atom. The van der Waals surface area contributed by atoms with Crippen LogP contribution in [0.15, 0.2) is 31.5 Å². The van der Waals surface area contributed by atoms with Crippen molar-refractivity contribution in [3.05, 3.63) is 55.1 Å². The van der Waals surface area contributed by atoms with Gasteiger partial charge in [-0.3, -0.25) is 13.9 Å². The van der Waals surface area contributed by atoms with Crippen LogP contribution < -0.4 is 11.2 Å². The summed E-state index contributed by atoms with van der Waals surface area (Å²) >= 11 is 7.78. The minimum atomic E-state index is -0.457. The summed E-state index contributed by atoms with van der Waals surface area (Å²) in [6.45, 7) is 2.02. The van der Waals surface area contributed by atoms with Crippen molar-refractivity contribution in [2.75, 3.05) is 0 Å². The van der Waals surface area contributed by atoms with Crippen molar-refractivity contribution in [2.24, 2.45) is 14.1 Å². The second-order valence-corrected chi connectivity index (χ2v) is 7.13. The topological polar surface area (TPSA) is 87.8 Å². The number of aromatic nitrogens is 5. The number of nitrogens with zero attached hydrogens (tertiary/aromatic N) is 5. The van der Waals surface area contributed by atoms with E-state index in [0.717, 1.165) is 9.44 Å². The molecular weight excluding hydrogens is 378 g/mol. The molecular formula is C16H14ClN5O3S. The number of fused-ring (bicyclic) bond motifs is 1. The highest BCUT2D eigenvalue weighted by Crippen LogP contribution is 2.27. The van der Waals surface area contributed by atoms with Crippen LogP contribution in [0, 0.1) is 6.92 Å². The van der Waals surface area contributed by atoms with Gasteiger partial charge in [-0.15, -0.1) is 11.3 Å². The summed E-state index contributed by atoms with van der Waals surface area (Å²) in [7, 11) is 2.97. The first-order valence-electron chi connectivity index (χ1n) is 7.70. The third kappa shape index (κ3) is 2.43. The van der Waals surface area contributed by atoms with E-state index in [4.69, 9.17) is 16.0 Å². The molecule has 0 N–H and O–H groups in total. The molecule has 0 aliphatic rings. The second-order valence-electron chi connectivity index (χ2n) is 5.84. The fourth-order valence-corrected chi connectivity index (χ4v) is 3.67. The van der Waals surface area contributed by atoms with Gasteiger partial charge in [0.05, 0.1) is 11.4 Å². The first-order valence-corrected chi connectivity index (χ1v) is 8.96. The van der Waals surface area contributed by atoms with Gasteiger partial charge < -0.3 is 8.98 Å². The van der Waals surface area contributed by atoms with Gasteiger partial charge >= 0.3 is 5.69 Å². The van der Waals surface area contributed by atoms with Crippen molar-refractivity contribution in [1.82, 2.24) is 23.7 Å². The second kappa shape index (κ2) is 5.96. The van der Waals surface area contributed by atoms with E-state index in [2.05, 4.69) is 9.97 Å². The summed E-state index contributed by atoms with van der Waals surface area (Å²) in [5.41, 5.74) is 0.219. The molecule has 26 heavy (non-hydrogen) atoms. The van der Waals surface area contributed by atoms with Crippen LogP contribution in [0.25, 0.3) is 21.9 Å². The number of thiophene rings is 1. The van der Waals surface area contributed by atoms with Crippen LogP contribution in [0.4, 0.5) is 0 Å². The van der Waals surface area contributed by atoms with Crippen molar-refractivity contribution < 1.29 is 4.42 Å². The molecule has 0 saturated carbocycles. The van der Waals surface area contributed by atoms with Crippen LogP contribution in [0.1, 0.15) is 11.5 Å². The zero-order valence-electron chi connectivity index (χ0n) is 14.2. The smallest absolute Gasteiger partial charge is 0.332 e. The summed E-state index contributed by atoms with van der Waals surface area (Å²) in [6.07, 6.45) is 0. The molecule has 0 aliphatic heterocycles. The van der Waals surface area contributed by atoms with Gasteiger partial charge in [0.25, 0.3) is 5.56 Å². The first kappa shape index (κ1) is 16.8. The highest BCUT2D eigenvalue weighted by molar-refractivity contribution is 7.13. The lowest BCUT2D eigenvalue weighted by Gasteiger charge is -2.06. The van der Waals surface area contributed by atoms with Gasteiger partial charge in [0.15, 0.2) is 11.2 Å². The standard InChI is InChI=1S/C16H14ClN5O3S/c1-8-9(18-13(25-8)10-5-4-6-26-10)7-22-11-12(19-15(22)17)20(2)16(24)21(3)14(11)23/h4-6H,7H2,1-3H3. The van der Waals surface area contributed by atoms with Crippen molar-refractivity contribution in [2.45, 2.75) is 13.5 Å². The number of imidazole rings is 1. The number of rotatable bonds is 3. The number of aryl methyl sites for hydroxylation is 2. The third-order valence-corrected chi connectivity index (χ3v) is 5.38. The molecule has 0 spiro atoms. The predicted molar refractivity (Wildman–Crippen MR) is 98.9 cm³/mol. The Kier molecular flexibility index (Phi) is 3.85. The summed E-state index contributed by atoms with van der Waals surface area (Å²) in [5.74, 6) is 1.15. The lowest BCUT2D eigenvalue weighted by Crippen LogP contribution is -2.37. The molecule has 4 rings (SSSR count). The van der Waals surface area contributed by atoms with Crippen molar-refractivity contribution in [3.63, 3.8) is 0 Å². The van der Waals surface area contributed by atoms with Crippen LogP contribution in [0.5, 0.6) is 0 Å². The fraction of sp³-hybridized carbons (Fsp3) is 0.250. The number of hydrogen-bond acceptors (Lipinski definition) is 6. The number of oxazole rings is 1. The van der Waals surface area contributed by atoms with E-state index in [1.807, 2.05) is 17.5 Å². The molecule has 4 aromatic rings. The van der Waals surface area contributed by atoms with Crippen molar-refractivity contribution in [1.29, 1.82) is 0 Å². The van der Waals surface area contributed by atoms with Crippen LogP contribution in [0.2, 0.25) is 5.28 Å². The van der Waals surface area contributed by atoms with Gasteiger partial charge in [-0.25, -0.2) is 9.78 Å². The highest BCUT2D eigenvalue weighted by Gasteiger charge is 2.20. The van der Waals surface area contributed by atoms with Gasteiger partial charge in [0.2, 0.25) is 11.2 Å². The monoisotopic (exact) mass is 391 g/mol. The van der Waals surface area contributed by atoms with E-state index in [1.54, 1.807) is 18.5 Å². The molecule has 10 heteroatoms. The Bertz CT molecular complexity index is 1250. The summed E-state index contributed by atoms with van der Waals surface area (Å²) in [4.78, 5) is 34.3. The lowest BCUT2D eigenvalue weighted by molar-refractivity contribution is 0.539. The maximum Gasteiger partial charge on any atom is 0.332 e. The summed E-state index contributed by atoms with van der Waals surface area (Å²) < 4.78 is 9.61. The predicted octanol–water partition coefficient (Wildman–Crippen LogP) is 2.16. The Labute approximate surface area is 155 Å². The lowest BCUT2D eigenvalue weighted by atomic mass is 10.3. The van der Waals surface area contributed by atoms with Gasteiger partial charge in [-0.2, -0.15) is 4.98 Å². The zero-order chi connectivity index (χ0) is 18.6. The summed E-state index contributed by atoms with van der Waals surface area (Å²) in [6, 6.07) is 3.84. The highest BCUT2D eigenvalue weighted by atomic mass is 35.5. The molecule has 134 valence electrons. The molecule has 4 aromatic heterocycles. The summed E-state index contributed by atoms with van der Waals surface area (Å²) in [5, 5.41) is 2.05. The van der Waals surface area contributed by atoms with Crippen LogP contribution in [-0.2, 0) is 20.6 Å². The Balaban J connectivity index is 1.88. The molecule has 0 fully saturated rings. The normalized spacial score (nSPS) is 11.5. The van der Waals surface area contributed by atoms with E-state index in [-0.39, 0.29) is 23.0 Å². The van der Waals surface area contributed by atoms with E-state index >= 15 is 0 Å². The number of hydrogen-bond donors (Lipinski definition) is 0. The third-order valence-electron chi connectivity index (χ3n) is 4.23. The largest absolute Gasteiger partial charge is 0.440 e. The molecule has 0 aromatic carbocycles. The van der Waals surface area contributed by atoms with Crippen molar-refractivity contribution in [3.8, 4) is 10.8 Å². The first-order chi connectivity index (χ1) is 12.4. The number of halogens is 1. The van der Waals surface area contributed by atoms with E-state index in [1.165, 1.54) is 23.0 Å². The van der Waals surface area contributed by atoms with E-state index in [0.29, 0.717) is 17.3 Å². The Morgan fingerprint density at radius 2 is 2.00 bits per heavy atom. The Morgan fingerprint density at radius 1 is 1.23 bits per heavy atom. The fourth-order valence-electron chi connectivity index (χ4n) is 2.79. The van der Waals surface area contributed by atoms with Crippen molar-refractivity contribution >= 4 is 34.1 Å². The molecule has 8 nitrogen and oxygen atoms in total. The molecule has 0 saturated heterocycles.